The van der Waals surface area contributed by atoms with Crippen LogP contribution >= 0.6 is 0 Å². The summed E-state index contributed by atoms with van der Waals surface area (Å²) in [6.07, 6.45) is 3.62. The van der Waals surface area contributed by atoms with E-state index in [1.807, 2.05) is 0 Å². The molecule has 0 unspecified atom stereocenters. The highest BCUT2D eigenvalue weighted by molar-refractivity contribution is 5.94. The Labute approximate surface area is 106 Å². The topological polar surface area (TPSA) is 84.2 Å². The third kappa shape index (κ3) is 3.32. The molecular weight excluding hydrogens is 234 g/mol. The maximum Gasteiger partial charge on any atom is 0.325 e. The predicted octanol–water partition coefficient (Wildman–Crippen LogP) is 1.45. The second kappa shape index (κ2) is 6.18. The van der Waals surface area contributed by atoms with E-state index in [9.17, 15) is 9.59 Å². The lowest BCUT2D eigenvalue weighted by atomic mass is 10.2. The largest absolute Gasteiger partial charge is 0.480 e. The van der Waals surface area contributed by atoms with Gasteiger partial charge in [-0.3, -0.25) is 14.3 Å². The first kappa shape index (κ1) is 14.2. The van der Waals surface area contributed by atoms with Crippen LogP contribution in [0.5, 0.6) is 0 Å². The van der Waals surface area contributed by atoms with Crippen LogP contribution in [-0.4, -0.2) is 32.8 Å². The van der Waals surface area contributed by atoms with Gasteiger partial charge in [0.25, 0.3) is 5.91 Å². The third-order valence-corrected chi connectivity index (χ3v) is 2.88. The number of hydrogen-bond acceptors (Lipinski definition) is 3. The number of aromatic nitrogens is 2. The van der Waals surface area contributed by atoms with Crippen molar-refractivity contribution in [2.24, 2.45) is 0 Å². The molecule has 1 aromatic heterocycles. The first-order valence-corrected chi connectivity index (χ1v) is 6.08. The van der Waals surface area contributed by atoms with E-state index in [1.54, 1.807) is 16.9 Å². The minimum Gasteiger partial charge on any atom is -0.480 e. The van der Waals surface area contributed by atoms with E-state index in [1.165, 1.54) is 6.92 Å². The molecule has 0 aliphatic rings. The first-order valence-electron chi connectivity index (χ1n) is 6.08. The highest BCUT2D eigenvalue weighted by Crippen LogP contribution is 2.14. The molecule has 100 valence electrons. The number of carboxylic acids is 1. The standard InChI is InChI=1S/C12H19N3O3/c1-4-9(5-2)15-7-6-10(14-15)11(16)13-8(3)12(17)18/h6-9H,4-5H2,1-3H3,(H,13,16)(H,17,18)/t8-/m1/s1. The average molecular weight is 253 g/mol. The van der Waals surface area contributed by atoms with Crippen LogP contribution in [0.2, 0.25) is 0 Å². The molecule has 0 aromatic carbocycles. The molecule has 1 rings (SSSR count). The zero-order chi connectivity index (χ0) is 13.7. The lowest BCUT2D eigenvalue weighted by molar-refractivity contribution is -0.138. The summed E-state index contributed by atoms with van der Waals surface area (Å²) in [4.78, 5) is 22.4. The Hall–Kier alpha value is -1.85. The van der Waals surface area contributed by atoms with Crippen molar-refractivity contribution in [2.75, 3.05) is 0 Å². The van der Waals surface area contributed by atoms with Crippen LogP contribution in [-0.2, 0) is 4.79 Å². The van der Waals surface area contributed by atoms with Crippen LogP contribution in [0.3, 0.4) is 0 Å². The highest BCUT2D eigenvalue weighted by Gasteiger charge is 2.18. The number of amides is 1. The number of nitrogens with zero attached hydrogens (tertiary/aromatic N) is 2. The Morgan fingerprint density at radius 1 is 1.44 bits per heavy atom. The van der Waals surface area contributed by atoms with Gasteiger partial charge in [0.2, 0.25) is 0 Å². The van der Waals surface area contributed by atoms with Gasteiger partial charge in [-0.05, 0) is 25.8 Å². The van der Waals surface area contributed by atoms with Crippen LogP contribution in [0, 0.1) is 0 Å². The number of carbonyl (C=O) groups is 2. The Balaban J connectivity index is 2.73. The zero-order valence-electron chi connectivity index (χ0n) is 10.9. The molecule has 1 amide bonds. The zero-order valence-corrected chi connectivity index (χ0v) is 10.9. The minimum atomic E-state index is -1.07. The van der Waals surface area contributed by atoms with E-state index < -0.39 is 17.9 Å². The van der Waals surface area contributed by atoms with Gasteiger partial charge in [-0.2, -0.15) is 5.10 Å². The molecule has 0 bridgehead atoms. The second-order valence-corrected chi connectivity index (χ2v) is 4.18. The van der Waals surface area contributed by atoms with Gasteiger partial charge in [-0.25, -0.2) is 0 Å². The van der Waals surface area contributed by atoms with Gasteiger partial charge in [0, 0.05) is 6.20 Å². The van der Waals surface area contributed by atoms with E-state index in [4.69, 9.17) is 5.11 Å². The molecule has 2 N–H and O–H groups in total. The number of aliphatic carboxylic acids is 1. The van der Waals surface area contributed by atoms with E-state index in [0.717, 1.165) is 12.8 Å². The summed E-state index contributed by atoms with van der Waals surface area (Å²) in [5.74, 6) is -1.53. The van der Waals surface area contributed by atoms with E-state index >= 15 is 0 Å². The van der Waals surface area contributed by atoms with Crippen molar-refractivity contribution < 1.29 is 14.7 Å². The lowest BCUT2D eigenvalue weighted by Gasteiger charge is -2.12. The molecule has 0 spiro atoms. The number of carbonyl (C=O) groups excluding carboxylic acids is 1. The van der Waals surface area contributed by atoms with Crippen molar-refractivity contribution in [3.63, 3.8) is 0 Å². The molecule has 6 nitrogen and oxygen atoms in total. The molecule has 1 aromatic rings. The predicted molar refractivity (Wildman–Crippen MR) is 66.4 cm³/mol. The summed E-state index contributed by atoms with van der Waals surface area (Å²) >= 11 is 0. The Kier molecular flexibility index (Phi) is 4.88. The maximum absolute atomic E-state index is 11.7. The number of nitrogens with one attached hydrogen (secondary N) is 1. The van der Waals surface area contributed by atoms with Gasteiger partial charge < -0.3 is 10.4 Å². The third-order valence-electron chi connectivity index (χ3n) is 2.88. The van der Waals surface area contributed by atoms with E-state index in [2.05, 4.69) is 24.3 Å². The van der Waals surface area contributed by atoms with Crippen molar-refractivity contribution in [3.05, 3.63) is 18.0 Å². The maximum atomic E-state index is 11.7. The Morgan fingerprint density at radius 2 is 2.06 bits per heavy atom. The number of hydrogen-bond donors (Lipinski definition) is 2. The molecule has 18 heavy (non-hydrogen) atoms. The minimum absolute atomic E-state index is 0.245. The Morgan fingerprint density at radius 3 is 2.56 bits per heavy atom. The monoisotopic (exact) mass is 253 g/mol. The molecule has 0 saturated heterocycles. The molecular formula is C12H19N3O3. The molecule has 1 heterocycles. The normalized spacial score (nSPS) is 12.4. The molecule has 0 aliphatic heterocycles. The van der Waals surface area contributed by atoms with Crippen LogP contribution in [0.4, 0.5) is 0 Å². The van der Waals surface area contributed by atoms with Gasteiger partial charge in [0.1, 0.15) is 11.7 Å². The fraction of sp³-hybridized carbons (Fsp3) is 0.583. The van der Waals surface area contributed by atoms with E-state index in [-0.39, 0.29) is 11.7 Å². The van der Waals surface area contributed by atoms with Gasteiger partial charge in [0.15, 0.2) is 0 Å². The van der Waals surface area contributed by atoms with Crippen molar-refractivity contribution in [1.82, 2.24) is 15.1 Å². The van der Waals surface area contributed by atoms with Gasteiger partial charge in [0.05, 0.1) is 6.04 Å². The van der Waals surface area contributed by atoms with Crippen LogP contribution in [0.1, 0.15) is 50.1 Å². The molecule has 0 radical (unpaired) electrons. The van der Waals surface area contributed by atoms with Gasteiger partial charge in [-0.15, -0.1) is 0 Å². The highest BCUT2D eigenvalue weighted by atomic mass is 16.4. The quantitative estimate of drug-likeness (QED) is 0.803. The van der Waals surface area contributed by atoms with Crippen molar-refractivity contribution in [1.29, 1.82) is 0 Å². The molecule has 6 heteroatoms. The summed E-state index contributed by atoms with van der Waals surface area (Å²) < 4.78 is 1.75. The van der Waals surface area contributed by atoms with Crippen LogP contribution in [0.25, 0.3) is 0 Å². The van der Waals surface area contributed by atoms with Gasteiger partial charge in [-0.1, -0.05) is 13.8 Å². The summed E-state index contributed by atoms with van der Waals surface area (Å²) in [6, 6.07) is 0.946. The van der Waals surface area contributed by atoms with Crippen molar-refractivity contribution in [3.8, 4) is 0 Å². The molecule has 0 fully saturated rings. The Bertz CT molecular complexity index is 424. The fourth-order valence-electron chi connectivity index (χ4n) is 1.66. The number of carboxylic acid groups (broad SMARTS) is 1. The summed E-state index contributed by atoms with van der Waals surface area (Å²) in [7, 11) is 0. The summed E-state index contributed by atoms with van der Waals surface area (Å²) in [5, 5.41) is 15.3. The first-order chi connectivity index (χ1) is 8.49. The van der Waals surface area contributed by atoms with E-state index in [0.29, 0.717) is 0 Å². The summed E-state index contributed by atoms with van der Waals surface area (Å²) in [6.45, 7) is 5.53. The average Bonchev–Trinajstić information content (AvgIpc) is 2.80. The molecule has 0 aliphatic carbocycles. The number of rotatable bonds is 6. The SMILES string of the molecule is CCC(CC)n1ccc(C(=O)N[C@H](C)C(=O)O)n1. The van der Waals surface area contributed by atoms with Crippen LogP contribution in [0.15, 0.2) is 12.3 Å². The summed E-state index contributed by atoms with van der Waals surface area (Å²) in [5.41, 5.74) is 0.245. The smallest absolute Gasteiger partial charge is 0.325 e. The fourth-order valence-corrected chi connectivity index (χ4v) is 1.66. The molecule has 1 atom stereocenters. The second-order valence-electron chi connectivity index (χ2n) is 4.18. The molecule has 0 saturated carbocycles. The van der Waals surface area contributed by atoms with Crippen molar-refractivity contribution >= 4 is 11.9 Å². The van der Waals surface area contributed by atoms with Crippen LogP contribution < -0.4 is 5.32 Å². The van der Waals surface area contributed by atoms with Crippen molar-refractivity contribution in [2.45, 2.75) is 45.7 Å². The lowest BCUT2D eigenvalue weighted by Crippen LogP contribution is -2.38. The van der Waals surface area contributed by atoms with Gasteiger partial charge >= 0.3 is 5.97 Å².